The molecule has 0 radical (unpaired) electrons. The van der Waals surface area contributed by atoms with Crippen LogP contribution in [0.1, 0.15) is 28.8 Å². The van der Waals surface area contributed by atoms with Gasteiger partial charge in [0, 0.05) is 31.7 Å². The first-order chi connectivity index (χ1) is 7.65. The molecule has 0 fully saturated rings. The van der Waals surface area contributed by atoms with E-state index in [1.54, 1.807) is 19.5 Å². The molecule has 0 aliphatic rings. The number of hydrogen-bond acceptors (Lipinski definition) is 4. The summed E-state index contributed by atoms with van der Waals surface area (Å²) in [5.41, 5.74) is 7.36. The third-order valence-corrected chi connectivity index (χ3v) is 2.36. The number of nitrogens with two attached hydrogens (primary N) is 1. The molecule has 0 spiro atoms. The van der Waals surface area contributed by atoms with Gasteiger partial charge in [-0.05, 0) is 31.4 Å². The van der Waals surface area contributed by atoms with Crippen LogP contribution in [0.15, 0.2) is 18.5 Å². The van der Waals surface area contributed by atoms with Crippen molar-refractivity contribution >= 4 is 5.78 Å². The fourth-order valence-electron chi connectivity index (χ4n) is 1.48. The number of pyridine rings is 1. The van der Waals surface area contributed by atoms with E-state index in [2.05, 4.69) is 4.98 Å². The lowest BCUT2D eigenvalue weighted by Crippen LogP contribution is -2.30. The van der Waals surface area contributed by atoms with Gasteiger partial charge in [-0.1, -0.05) is 0 Å². The zero-order valence-electron chi connectivity index (χ0n) is 9.77. The molecule has 1 aromatic rings. The van der Waals surface area contributed by atoms with E-state index in [0.29, 0.717) is 18.6 Å². The lowest BCUT2D eigenvalue weighted by Gasteiger charge is -2.10. The van der Waals surface area contributed by atoms with Gasteiger partial charge in [0.1, 0.15) is 0 Å². The Labute approximate surface area is 95.8 Å². The quantitative estimate of drug-likeness (QED) is 0.582. The summed E-state index contributed by atoms with van der Waals surface area (Å²) in [4.78, 5) is 15.9. The molecule has 88 valence electrons. The van der Waals surface area contributed by atoms with Crippen molar-refractivity contribution in [2.75, 3.05) is 13.7 Å². The number of carbonyl (C=O) groups is 1. The maximum atomic E-state index is 11.9. The molecular weight excluding hydrogens is 204 g/mol. The molecular formula is C12H18N2O2. The Bertz CT molecular complexity index is 353. The minimum atomic E-state index is -0.459. The largest absolute Gasteiger partial charge is 0.385 e. The van der Waals surface area contributed by atoms with Crippen molar-refractivity contribution in [3.05, 3.63) is 29.6 Å². The van der Waals surface area contributed by atoms with E-state index in [9.17, 15) is 4.79 Å². The second-order valence-corrected chi connectivity index (χ2v) is 3.86. The van der Waals surface area contributed by atoms with Crippen molar-refractivity contribution in [1.29, 1.82) is 0 Å². The summed E-state index contributed by atoms with van der Waals surface area (Å²) in [6.45, 7) is 2.53. The second kappa shape index (κ2) is 6.35. The van der Waals surface area contributed by atoms with Crippen molar-refractivity contribution in [3.8, 4) is 0 Å². The molecule has 0 bridgehead atoms. The van der Waals surface area contributed by atoms with E-state index >= 15 is 0 Å². The molecule has 1 unspecified atom stereocenters. The molecule has 0 aliphatic heterocycles. The van der Waals surface area contributed by atoms with Gasteiger partial charge >= 0.3 is 0 Å². The maximum Gasteiger partial charge on any atom is 0.181 e. The number of aromatic nitrogens is 1. The summed E-state index contributed by atoms with van der Waals surface area (Å²) in [6, 6.07) is 1.35. The number of rotatable bonds is 6. The SMILES string of the molecule is COCCCC(N)C(=O)c1cncc(C)c1. The van der Waals surface area contributed by atoms with E-state index in [1.165, 1.54) is 0 Å². The number of ketones is 1. The Morgan fingerprint density at radius 1 is 1.56 bits per heavy atom. The summed E-state index contributed by atoms with van der Waals surface area (Å²) >= 11 is 0. The molecule has 1 atom stereocenters. The van der Waals surface area contributed by atoms with Crippen molar-refractivity contribution in [3.63, 3.8) is 0 Å². The molecule has 4 heteroatoms. The van der Waals surface area contributed by atoms with Crippen LogP contribution in [0.2, 0.25) is 0 Å². The fourth-order valence-corrected chi connectivity index (χ4v) is 1.48. The first kappa shape index (κ1) is 12.8. The van der Waals surface area contributed by atoms with Gasteiger partial charge in [-0.25, -0.2) is 0 Å². The lowest BCUT2D eigenvalue weighted by atomic mass is 10.0. The van der Waals surface area contributed by atoms with Gasteiger partial charge in [-0.3, -0.25) is 9.78 Å². The van der Waals surface area contributed by atoms with Crippen molar-refractivity contribution < 1.29 is 9.53 Å². The van der Waals surface area contributed by atoms with Gasteiger partial charge in [0.2, 0.25) is 0 Å². The van der Waals surface area contributed by atoms with Gasteiger partial charge in [-0.15, -0.1) is 0 Å². The molecule has 1 aromatic heterocycles. The monoisotopic (exact) mass is 222 g/mol. The summed E-state index contributed by atoms with van der Waals surface area (Å²) in [6.07, 6.45) is 4.71. The molecule has 0 saturated heterocycles. The van der Waals surface area contributed by atoms with E-state index < -0.39 is 6.04 Å². The Kier molecular flexibility index (Phi) is 5.08. The Morgan fingerprint density at radius 3 is 2.94 bits per heavy atom. The highest BCUT2D eigenvalue weighted by Gasteiger charge is 2.15. The van der Waals surface area contributed by atoms with Gasteiger partial charge in [0.15, 0.2) is 5.78 Å². The van der Waals surface area contributed by atoms with Gasteiger partial charge in [-0.2, -0.15) is 0 Å². The molecule has 0 amide bonds. The topological polar surface area (TPSA) is 65.2 Å². The number of ether oxygens (including phenoxy) is 1. The zero-order valence-corrected chi connectivity index (χ0v) is 9.77. The molecule has 1 rings (SSSR count). The van der Waals surface area contributed by atoms with Crippen LogP contribution in [0.4, 0.5) is 0 Å². The number of nitrogens with zero attached hydrogens (tertiary/aromatic N) is 1. The zero-order chi connectivity index (χ0) is 12.0. The highest BCUT2D eigenvalue weighted by Crippen LogP contribution is 2.07. The smallest absolute Gasteiger partial charge is 0.181 e. The Hall–Kier alpha value is -1.26. The summed E-state index contributed by atoms with van der Waals surface area (Å²) in [5.74, 6) is -0.0488. The van der Waals surface area contributed by atoms with Gasteiger partial charge in [0.05, 0.1) is 6.04 Å². The van der Waals surface area contributed by atoms with Crippen molar-refractivity contribution in [1.82, 2.24) is 4.98 Å². The predicted molar refractivity (Wildman–Crippen MR) is 62.4 cm³/mol. The number of methoxy groups -OCH3 is 1. The Balaban J connectivity index is 2.56. The molecule has 0 aromatic carbocycles. The minimum Gasteiger partial charge on any atom is -0.385 e. The molecule has 0 saturated carbocycles. The minimum absolute atomic E-state index is 0.0488. The first-order valence-electron chi connectivity index (χ1n) is 5.35. The number of carbonyl (C=O) groups excluding carboxylic acids is 1. The van der Waals surface area contributed by atoms with E-state index in [1.807, 2.05) is 13.0 Å². The van der Waals surface area contributed by atoms with Crippen LogP contribution in [0.3, 0.4) is 0 Å². The van der Waals surface area contributed by atoms with Crippen LogP contribution in [0.25, 0.3) is 0 Å². The van der Waals surface area contributed by atoms with Gasteiger partial charge < -0.3 is 10.5 Å². The third kappa shape index (κ3) is 3.72. The van der Waals surface area contributed by atoms with E-state index in [4.69, 9.17) is 10.5 Å². The highest BCUT2D eigenvalue weighted by molar-refractivity contribution is 5.99. The molecule has 16 heavy (non-hydrogen) atoms. The van der Waals surface area contributed by atoms with Crippen LogP contribution < -0.4 is 5.73 Å². The molecule has 4 nitrogen and oxygen atoms in total. The van der Waals surface area contributed by atoms with Crippen LogP contribution >= 0.6 is 0 Å². The average Bonchev–Trinajstić information content (AvgIpc) is 2.28. The first-order valence-corrected chi connectivity index (χ1v) is 5.35. The van der Waals surface area contributed by atoms with E-state index in [0.717, 1.165) is 12.0 Å². The van der Waals surface area contributed by atoms with Crippen molar-refractivity contribution in [2.24, 2.45) is 5.73 Å². The van der Waals surface area contributed by atoms with Crippen LogP contribution in [-0.2, 0) is 4.74 Å². The molecule has 2 N–H and O–H groups in total. The predicted octanol–water partition coefficient (Wildman–Crippen LogP) is 1.33. The highest BCUT2D eigenvalue weighted by atomic mass is 16.5. The number of aryl methyl sites for hydroxylation is 1. The summed E-state index contributed by atoms with van der Waals surface area (Å²) in [7, 11) is 1.64. The van der Waals surface area contributed by atoms with E-state index in [-0.39, 0.29) is 5.78 Å². The fraction of sp³-hybridized carbons (Fsp3) is 0.500. The number of Topliss-reactive ketones (excluding diaryl/α,β-unsaturated/α-hetero) is 1. The summed E-state index contributed by atoms with van der Waals surface area (Å²) in [5, 5.41) is 0. The van der Waals surface area contributed by atoms with Gasteiger partial charge in [0.25, 0.3) is 0 Å². The second-order valence-electron chi connectivity index (χ2n) is 3.86. The van der Waals surface area contributed by atoms with Crippen LogP contribution in [0.5, 0.6) is 0 Å². The summed E-state index contributed by atoms with van der Waals surface area (Å²) < 4.78 is 4.92. The number of hydrogen-bond donors (Lipinski definition) is 1. The lowest BCUT2D eigenvalue weighted by molar-refractivity contribution is 0.0950. The molecule has 1 heterocycles. The average molecular weight is 222 g/mol. The van der Waals surface area contributed by atoms with Crippen LogP contribution in [0, 0.1) is 6.92 Å². The Morgan fingerprint density at radius 2 is 2.31 bits per heavy atom. The van der Waals surface area contributed by atoms with Crippen molar-refractivity contribution in [2.45, 2.75) is 25.8 Å². The third-order valence-electron chi connectivity index (χ3n) is 2.36. The normalized spacial score (nSPS) is 12.4. The molecule has 0 aliphatic carbocycles. The standard InChI is InChI=1S/C12H18N2O2/c1-9-6-10(8-14-7-9)12(15)11(13)4-3-5-16-2/h6-8,11H,3-5,13H2,1-2H3. The van der Waals surface area contributed by atoms with Crippen LogP contribution in [-0.4, -0.2) is 30.5 Å². The maximum absolute atomic E-state index is 11.9.